The van der Waals surface area contributed by atoms with E-state index in [1.807, 2.05) is 0 Å². The summed E-state index contributed by atoms with van der Waals surface area (Å²) in [4.78, 5) is 11.4. The van der Waals surface area contributed by atoms with Crippen LogP contribution >= 0.6 is 0 Å². The second-order valence-electron chi connectivity index (χ2n) is 4.51. The van der Waals surface area contributed by atoms with Gasteiger partial charge < -0.3 is 15.8 Å². The minimum atomic E-state index is -0.782. The third kappa shape index (κ3) is 3.64. The van der Waals surface area contributed by atoms with Gasteiger partial charge in [0, 0.05) is 13.2 Å². The van der Waals surface area contributed by atoms with E-state index in [-0.39, 0.29) is 5.91 Å². The topological polar surface area (TPSA) is 64.4 Å². The van der Waals surface area contributed by atoms with E-state index in [1.165, 1.54) is 0 Å². The average Bonchev–Trinajstić information content (AvgIpc) is 2.14. The van der Waals surface area contributed by atoms with E-state index >= 15 is 0 Å². The van der Waals surface area contributed by atoms with Gasteiger partial charge in [0.15, 0.2) is 0 Å². The Morgan fingerprint density at radius 2 is 2.36 bits per heavy atom. The Kier molecular flexibility index (Phi) is 3.89. The summed E-state index contributed by atoms with van der Waals surface area (Å²) >= 11 is 0. The molecule has 4 nitrogen and oxygen atoms in total. The van der Waals surface area contributed by atoms with Crippen LogP contribution in [-0.4, -0.2) is 31.2 Å². The van der Waals surface area contributed by atoms with Gasteiger partial charge in [0.25, 0.3) is 0 Å². The maximum Gasteiger partial charge on any atom is 0.239 e. The summed E-state index contributed by atoms with van der Waals surface area (Å²) in [6, 6.07) is 0. The Morgan fingerprint density at radius 1 is 1.64 bits per heavy atom. The normalized spacial score (nSPS) is 23.2. The summed E-state index contributed by atoms with van der Waals surface area (Å²) < 4.78 is 5.32. The van der Waals surface area contributed by atoms with Crippen LogP contribution in [-0.2, 0) is 9.53 Å². The highest BCUT2D eigenvalue weighted by Crippen LogP contribution is 2.12. The first-order chi connectivity index (χ1) is 6.50. The first kappa shape index (κ1) is 11.5. The van der Waals surface area contributed by atoms with E-state index in [9.17, 15) is 4.79 Å². The number of carbonyl (C=O) groups excluding carboxylic acids is 1. The maximum absolute atomic E-state index is 11.4. The fourth-order valence-electron chi connectivity index (χ4n) is 1.43. The highest BCUT2D eigenvalue weighted by atomic mass is 16.5. The average molecular weight is 200 g/mol. The van der Waals surface area contributed by atoms with Gasteiger partial charge in [0.2, 0.25) is 5.91 Å². The molecule has 0 aliphatic carbocycles. The second-order valence-corrected chi connectivity index (χ2v) is 4.51. The summed E-state index contributed by atoms with van der Waals surface area (Å²) in [6.07, 6.45) is 2.22. The van der Waals surface area contributed by atoms with Gasteiger partial charge in [-0.05, 0) is 32.6 Å². The molecule has 82 valence electrons. The number of nitrogens with one attached hydrogen (secondary N) is 1. The molecule has 1 atom stereocenters. The summed E-state index contributed by atoms with van der Waals surface area (Å²) in [5, 5.41) is 2.85. The molecule has 1 heterocycles. The summed E-state index contributed by atoms with van der Waals surface area (Å²) in [7, 11) is 0. The van der Waals surface area contributed by atoms with Crippen molar-refractivity contribution in [1.29, 1.82) is 0 Å². The zero-order chi connectivity index (χ0) is 10.6. The van der Waals surface area contributed by atoms with E-state index in [0.717, 1.165) is 26.1 Å². The zero-order valence-corrected chi connectivity index (χ0v) is 9.01. The third-order valence-electron chi connectivity index (χ3n) is 2.39. The number of hydrogen-bond donors (Lipinski definition) is 2. The Balaban J connectivity index is 2.22. The molecule has 0 aromatic rings. The van der Waals surface area contributed by atoms with Gasteiger partial charge in [0.1, 0.15) is 0 Å². The first-order valence-electron chi connectivity index (χ1n) is 5.15. The van der Waals surface area contributed by atoms with Crippen LogP contribution < -0.4 is 11.1 Å². The number of carbonyl (C=O) groups is 1. The van der Waals surface area contributed by atoms with Crippen molar-refractivity contribution in [3.63, 3.8) is 0 Å². The van der Waals surface area contributed by atoms with Crippen LogP contribution in [0.1, 0.15) is 26.7 Å². The molecular formula is C10H20N2O2. The molecule has 1 rings (SSSR count). The Labute approximate surface area is 85.2 Å². The maximum atomic E-state index is 11.4. The van der Waals surface area contributed by atoms with Crippen LogP contribution in [0.4, 0.5) is 0 Å². The SMILES string of the molecule is CC(C)(N)C(=O)NC[C@H]1CCCOC1. The molecule has 1 fully saturated rings. The lowest BCUT2D eigenvalue weighted by Crippen LogP contribution is -2.50. The lowest BCUT2D eigenvalue weighted by atomic mass is 10.0. The molecule has 1 aliphatic heterocycles. The van der Waals surface area contributed by atoms with Gasteiger partial charge in [-0.3, -0.25) is 4.79 Å². The third-order valence-corrected chi connectivity index (χ3v) is 2.39. The van der Waals surface area contributed by atoms with Gasteiger partial charge in [0.05, 0.1) is 12.1 Å². The lowest BCUT2D eigenvalue weighted by Gasteiger charge is -2.24. The number of amides is 1. The molecule has 0 aromatic carbocycles. The van der Waals surface area contributed by atoms with E-state index in [4.69, 9.17) is 10.5 Å². The van der Waals surface area contributed by atoms with Crippen molar-refractivity contribution in [3.05, 3.63) is 0 Å². The molecule has 14 heavy (non-hydrogen) atoms. The van der Waals surface area contributed by atoms with Crippen LogP contribution in [0, 0.1) is 5.92 Å². The summed E-state index contributed by atoms with van der Waals surface area (Å²) in [5.74, 6) is 0.359. The van der Waals surface area contributed by atoms with E-state index < -0.39 is 5.54 Å². The Hall–Kier alpha value is -0.610. The fourth-order valence-corrected chi connectivity index (χ4v) is 1.43. The first-order valence-corrected chi connectivity index (χ1v) is 5.15. The van der Waals surface area contributed by atoms with Crippen LogP contribution in [0.5, 0.6) is 0 Å². The highest BCUT2D eigenvalue weighted by Gasteiger charge is 2.23. The van der Waals surface area contributed by atoms with Gasteiger partial charge in [-0.25, -0.2) is 0 Å². The smallest absolute Gasteiger partial charge is 0.239 e. The second kappa shape index (κ2) is 4.75. The molecule has 1 amide bonds. The molecule has 0 radical (unpaired) electrons. The van der Waals surface area contributed by atoms with Crippen molar-refractivity contribution >= 4 is 5.91 Å². The van der Waals surface area contributed by atoms with Crippen molar-refractivity contribution in [2.24, 2.45) is 11.7 Å². The standard InChI is InChI=1S/C10H20N2O2/c1-10(2,11)9(13)12-6-8-4-3-5-14-7-8/h8H,3-7,11H2,1-2H3,(H,12,13)/t8-/m1/s1. The monoisotopic (exact) mass is 200 g/mol. The molecule has 0 bridgehead atoms. The minimum Gasteiger partial charge on any atom is -0.381 e. The van der Waals surface area contributed by atoms with Crippen molar-refractivity contribution < 1.29 is 9.53 Å². The van der Waals surface area contributed by atoms with Crippen molar-refractivity contribution in [2.45, 2.75) is 32.2 Å². The van der Waals surface area contributed by atoms with Crippen molar-refractivity contribution in [2.75, 3.05) is 19.8 Å². The van der Waals surface area contributed by atoms with Gasteiger partial charge in [-0.1, -0.05) is 0 Å². The molecule has 4 heteroatoms. The number of rotatable bonds is 3. The largest absolute Gasteiger partial charge is 0.381 e. The van der Waals surface area contributed by atoms with Crippen LogP contribution in [0.15, 0.2) is 0 Å². The number of nitrogens with two attached hydrogens (primary N) is 1. The van der Waals surface area contributed by atoms with E-state index in [2.05, 4.69) is 5.32 Å². The predicted octanol–water partition coefficient (Wildman–Crippen LogP) is 0.267. The van der Waals surface area contributed by atoms with E-state index in [0.29, 0.717) is 12.5 Å². The molecule has 3 N–H and O–H groups in total. The van der Waals surface area contributed by atoms with Gasteiger partial charge >= 0.3 is 0 Å². The summed E-state index contributed by atoms with van der Waals surface area (Å²) in [6.45, 7) is 5.71. The molecular weight excluding hydrogens is 180 g/mol. The molecule has 1 aliphatic rings. The van der Waals surface area contributed by atoms with Crippen LogP contribution in [0.25, 0.3) is 0 Å². The van der Waals surface area contributed by atoms with Crippen molar-refractivity contribution in [3.8, 4) is 0 Å². The molecule has 1 saturated heterocycles. The minimum absolute atomic E-state index is 0.0944. The number of ether oxygens (including phenoxy) is 1. The van der Waals surface area contributed by atoms with Gasteiger partial charge in [-0.2, -0.15) is 0 Å². The molecule has 0 spiro atoms. The highest BCUT2D eigenvalue weighted by molar-refractivity contribution is 5.84. The molecule has 0 saturated carbocycles. The lowest BCUT2D eigenvalue weighted by molar-refractivity contribution is -0.125. The predicted molar refractivity (Wildman–Crippen MR) is 54.8 cm³/mol. The Bertz CT molecular complexity index is 193. The number of hydrogen-bond acceptors (Lipinski definition) is 3. The van der Waals surface area contributed by atoms with Crippen molar-refractivity contribution in [1.82, 2.24) is 5.32 Å². The molecule has 0 unspecified atom stereocenters. The molecule has 0 aromatic heterocycles. The zero-order valence-electron chi connectivity index (χ0n) is 9.01. The van der Waals surface area contributed by atoms with E-state index in [1.54, 1.807) is 13.8 Å². The quantitative estimate of drug-likeness (QED) is 0.687. The van der Waals surface area contributed by atoms with Gasteiger partial charge in [-0.15, -0.1) is 0 Å². The van der Waals surface area contributed by atoms with Crippen LogP contribution in [0.3, 0.4) is 0 Å². The fraction of sp³-hybridized carbons (Fsp3) is 0.900. The summed E-state index contributed by atoms with van der Waals surface area (Å²) in [5.41, 5.74) is 4.87. The van der Waals surface area contributed by atoms with Crippen LogP contribution in [0.2, 0.25) is 0 Å². The Morgan fingerprint density at radius 3 is 2.86 bits per heavy atom.